The number of hydrogen-bond acceptors (Lipinski definition) is 2. The van der Waals surface area contributed by atoms with Crippen LogP contribution in [0.5, 0.6) is 0 Å². The number of aryl methyl sites for hydroxylation is 2. The Balaban J connectivity index is 1.70. The minimum absolute atomic E-state index is 0.0871. The Morgan fingerprint density at radius 3 is 1.31 bits per heavy atom. The molecule has 0 aromatic heterocycles. The molecule has 4 aromatic carbocycles. The predicted octanol–water partition coefficient (Wildman–Crippen LogP) is 11.2. The molecule has 8 heteroatoms. The van der Waals surface area contributed by atoms with Crippen LogP contribution in [0.1, 0.15) is 90.7 Å². The Morgan fingerprint density at radius 2 is 0.962 bits per heavy atom. The number of carbonyl (C=O) groups excluding carboxylic acids is 2. The van der Waals surface area contributed by atoms with Gasteiger partial charge in [-0.2, -0.15) is 0 Å². The van der Waals surface area contributed by atoms with E-state index >= 15 is 0 Å². The molecule has 52 heavy (non-hydrogen) atoms. The number of amides is 2. The third-order valence-corrected chi connectivity index (χ3v) is 40.8. The third-order valence-electron chi connectivity index (χ3n) is 12.3. The van der Waals surface area contributed by atoms with Crippen LogP contribution in [-0.4, -0.2) is 17.4 Å². The quantitative estimate of drug-likeness (QED) is 0.116. The topological polar surface area (TPSA) is 58.2 Å². The van der Waals surface area contributed by atoms with Gasteiger partial charge in [-0.15, -0.1) is 0 Å². The zero-order valence-electron chi connectivity index (χ0n) is 32.0. The second-order valence-electron chi connectivity index (χ2n) is 15.7. The molecule has 0 saturated carbocycles. The van der Waals surface area contributed by atoms with Crippen molar-refractivity contribution in [2.75, 3.05) is 0 Å². The van der Waals surface area contributed by atoms with E-state index in [9.17, 15) is 9.59 Å². The van der Waals surface area contributed by atoms with Crippen LogP contribution in [0.25, 0.3) is 34.4 Å². The van der Waals surface area contributed by atoms with E-state index in [1.54, 1.807) is 0 Å². The van der Waals surface area contributed by atoms with E-state index in [-0.39, 0.29) is 11.8 Å². The Bertz CT molecular complexity index is 2040. The van der Waals surface area contributed by atoms with E-state index in [0.29, 0.717) is 12.8 Å². The van der Waals surface area contributed by atoms with Crippen molar-refractivity contribution >= 4 is 46.7 Å². The third kappa shape index (κ3) is 5.92. The molecule has 0 fully saturated rings. The summed E-state index contributed by atoms with van der Waals surface area (Å²) in [5.74, 6) is 0.174. The molecule has 6 rings (SSSR count). The first kappa shape index (κ1) is 38.5. The molecule has 4 aromatic rings. The van der Waals surface area contributed by atoms with Gasteiger partial charge in [-0.3, -0.25) is 0 Å². The summed E-state index contributed by atoms with van der Waals surface area (Å²) in [6.45, 7) is 21.8. The maximum absolute atomic E-state index is 12.5. The van der Waals surface area contributed by atoms with Crippen LogP contribution in [0.2, 0.25) is 0 Å². The number of halogens is 2. The first-order valence-electron chi connectivity index (χ1n) is 18.4. The molecule has 0 saturated heterocycles. The molecule has 269 valence electrons. The van der Waals surface area contributed by atoms with Crippen molar-refractivity contribution in [2.45, 2.75) is 76.6 Å². The van der Waals surface area contributed by atoms with E-state index in [1.807, 2.05) is 0 Å². The van der Waals surface area contributed by atoms with Crippen LogP contribution in [-0.2, 0) is 25.5 Å². The van der Waals surface area contributed by atoms with Crippen LogP contribution in [0, 0.1) is 53.4 Å². The van der Waals surface area contributed by atoms with E-state index in [2.05, 4.69) is 153 Å². The van der Waals surface area contributed by atoms with Crippen molar-refractivity contribution in [2.24, 2.45) is 11.8 Å². The van der Waals surface area contributed by atoms with Crippen LogP contribution < -0.4 is 10.5 Å². The fourth-order valence-corrected chi connectivity index (χ4v) is 39.1. The Morgan fingerprint density at radius 1 is 0.577 bits per heavy atom. The number of fused-ring (bicyclic) bond motifs is 2. The summed E-state index contributed by atoms with van der Waals surface area (Å²) in [6, 6.07) is 21.7. The number of benzene rings is 4. The SMILES string of the molecule is Cc1ccc(-c2cccc3c2C=C(C(C)C)[CH]3[Hf]([Cl])([Cl])([B](NC=O)NC=O)[CH]2C(C(C)C)=Cc3c(-c4ccc(C)c(C)c4C)cccc32)c(C)c1C. The zero-order chi connectivity index (χ0) is 37.9. The molecule has 4 nitrogen and oxygen atoms in total. The summed E-state index contributed by atoms with van der Waals surface area (Å²) in [4.78, 5) is 25.0. The van der Waals surface area contributed by atoms with Crippen molar-refractivity contribution < 1.29 is 25.5 Å². The number of rotatable bonds is 11. The van der Waals surface area contributed by atoms with Gasteiger partial charge in [-0.25, -0.2) is 0 Å². The van der Waals surface area contributed by atoms with Crippen molar-refractivity contribution in [1.82, 2.24) is 10.5 Å². The molecule has 0 aliphatic heterocycles. The first-order chi connectivity index (χ1) is 24.6. The average Bonchev–Trinajstić information content (AvgIpc) is 3.72. The summed E-state index contributed by atoms with van der Waals surface area (Å²) in [6.07, 6.45) is 5.87. The average molecular weight is 899 g/mol. The molecule has 2 N–H and O–H groups in total. The number of allylic oxidation sites excluding steroid dienone is 2. The molecule has 0 bridgehead atoms. The van der Waals surface area contributed by atoms with Gasteiger partial charge in [0.2, 0.25) is 0 Å². The van der Waals surface area contributed by atoms with E-state index < -0.39 is 27.8 Å². The van der Waals surface area contributed by atoms with Crippen LogP contribution in [0.4, 0.5) is 0 Å². The standard InChI is InChI=1S/2C21H23.C2H3BN2O2.2ClH.Hf/c2*1-13(2)18-11-17-7-6-8-20(21(17)12-18)19-10-9-14(3)15(4)16(19)5;6-1-4-3-5-2-7;;;/h2*6-13H,1-5H3;1-2H,(H-,4,5,6,7);2*1H;/q;;;;;+1/p-1. The number of carbonyl (C=O) groups is 2. The van der Waals surface area contributed by atoms with Gasteiger partial charge in [-0.05, 0) is 0 Å². The second kappa shape index (κ2) is 14.2. The Hall–Kier alpha value is -3.18. The molecular weight excluding hydrogens is 849 g/mol. The second-order valence-corrected chi connectivity index (χ2v) is 46.1. The van der Waals surface area contributed by atoms with Gasteiger partial charge in [0.1, 0.15) is 0 Å². The van der Waals surface area contributed by atoms with Crippen molar-refractivity contribution in [3.63, 3.8) is 0 Å². The van der Waals surface area contributed by atoms with E-state index in [4.69, 9.17) is 17.2 Å². The molecule has 2 amide bonds. The van der Waals surface area contributed by atoms with Gasteiger partial charge >= 0.3 is 321 Å². The van der Waals surface area contributed by atoms with Gasteiger partial charge < -0.3 is 0 Å². The molecular formula is C44H50BCl2HfN2O2. The maximum atomic E-state index is 12.5. The van der Waals surface area contributed by atoms with Gasteiger partial charge in [0.15, 0.2) is 0 Å². The van der Waals surface area contributed by atoms with Crippen molar-refractivity contribution in [1.29, 1.82) is 0 Å². The zero-order valence-corrected chi connectivity index (χ0v) is 37.1. The molecule has 0 spiro atoms. The first-order valence-corrected chi connectivity index (χ1v) is 33.5. The summed E-state index contributed by atoms with van der Waals surface area (Å²) < 4.78 is -1.76. The van der Waals surface area contributed by atoms with Gasteiger partial charge in [-0.1, -0.05) is 0 Å². The summed E-state index contributed by atoms with van der Waals surface area (Å²) >= 11 is -6.07. The Kier molecular flexibility index (Phi) is 10.5. The van der Waals surface area contributed by atoms with E-state index in [1.165, 1.54) is 44.5 Å². The summed E-state index contributed by atoms with van der Waals surface area (Å²) in [5.41, 5.74) is 18.7. The van der Waals surface area contributed by atoms with Crippen LogP contribution >= 0.6 is 17.2 Å². The molecule has 2 aliphatic carbocycles. The molecule has 2 atom stereocenters. The normalized spacial score (nSPS) is 17.2. The number of nitrogens with one attached hydrogen (secondary N) is 2. The van der Waals surface area contributed by atoms with E-state index in [0.717, 1.165) is 44.5 Å². The number of hydrogen-bond donors (Lipinski definition) is 2. The molecule has 0 heterocycles. The summed E-state index contributed by atoms with van der Waals surface area (Å²) in [7, 11) is 17.4. The monoisotopic (exact) mass is 899 g/mol. The fourth-order valence-electron chi connectivity index (χ4n) is 9.05. The van der Waals surface area contributed by atoms with Crippen LogP contribution in [0.15, 0.2) is 71.8 Å². The minimum atomic E-state index is -6.07. The predicted molar refractivity (Wildman–Crippen MR) is 219 cm³/mol. The Labute approximate surface area is 318 Å². The van der Waals surface area contributed by atoms with Crippen molar-refractivity contribution in [3.05, 3.63) is 127 Å². The molecule has 2 aliphatic rings. The summed E-state index contributed by atoms with van der Waals surface area (Å²) in [5, 5.41) is 5.99. The fraction of sp³-hybridized carbons (Fsp3) is 0.318. The molecule has 0 radical (unpaired) electrons. The van der Waals surface area contributed by atoms with Gasteiger partial charge in [0, 0.05) is 0 Å². The molecule has 2 unspecified atom stereocenters. The van der Waals surface area contributed by atoms with Crippen LogP contribution in [0.3, 0.4) is 0 Å². The van der Waals surface area contributed by atoms with Gasteiger partial charge in [0.25, 0.3) is 0 Å². The van der Waals surface area contributed by atoms with Gasteiger partial charge in [0.05, 0.1) is 0 Å². The van der Waals surface area contributed by atoms with Crippen molar-refractivity contribution in [3.8, 4) is 22.3 Å².